The molecule has 0 saturated heterocycles. The molecule has 0 aliphatic carbocycles. The van der Waals surface area contributed by atoms with Crippen LogP contribution < -0.4 is 9.47 Å². The van der Waals surface area contributed by atoms with E-state index in [0.717, 1.165) is 90.3 Å². The fourth-order valence-electron chi connectivity index (χ4n) is 7.94. The third-order valence-electron chi connectivity index (χ3n) is 10.2. The smallest absolute Gasteiger partial charge is 0.173 e. The Labute approximate surface area is 330 Å². The Morgan fingerprint density at radius 2 is 0.909 bits per heavy atom. The van der Waals surface area contributed by atoms with E-state index in [1.807, 2.05) is 0 Å². The number of aromatic nitrogens is 4. The van der Waals surface area contributed by atoms with Crippen molar-refractivity contribution in [3.8, 4) is 56.5 Å². The van der Waals surface area contributed by atoms with Crippen LogP contribution in [0.2, 0.25) is 0 Å². The van der Waals surface area contributed by atoms with Gasteiger partial charge in [0.1, 0.15) is 46.6 Å². The minimum Gasteiger partial charge on any atom is -0.479 e. The van der Waals surface area contributed by atoms with Gasteiger partial charge in [-0.3, -0.25) is 0 Å². The van der Waals surface area contributed by atoms with Crippen LogP contribution in [0, 0.1) is 10.8 Å². The zero-order valence-corrected chi connectivity index (χ0v) is 34.5. The van der Waals surface area contributed by atoms with Gasteiger partial charge in [0, 0.05) is 43.2 Å². The molecule has 0 spiro atoms. The van der Waals surface area contributed by atoms with Gasteiger partial charge >= 0.3 is 0 Å². The molecule has 0 fully saturated rings. The van der Waals surface area contributed by atoms with Crippen LogP contribution in [-0.2, 0) is 24.0 Å². The predicted octanol–water partition coefficient (Wildman–Crippen LogP) is 12.5. The first-order valence-electron chi connectivity index (χ1n) is 19.2. The van der Waals surface area contributed by atoms with Crippen molar-refractivity contribution in [3.63, 3.8) is 0 Å². The Balaban J connectivity index is 1.10. The lowest BCUT2D eigenvalue weighted by Gasteiger charge is -2.35. The lowest BCUT2D eigenvalue weighted by Crippen LogP contribution is -2.30. The van der Waals surface area contributed by atoms with E-state index in [2.05, 4.69) is 154 Å². The van der Waals surface area contributed by atoms with Gasteiger partial charge in [-0.25, -0.2) is 19.9 Å². The fourth-order valence-corrected chi connectivity index (χ4v) is 8.88. The second-order valence-corrected chi connectivity index (χ2v) is 19.6. The summed E-state index contributed by atoms with van der Waals surface area (Å²) in [4.78, 5) is 21.3. The van der Waals surface area contributed by atoms with Crippen molar-refractivity contribution in [1.82, 2.24) is 19.9 Å². The highest BCUT2D eigenvalue weighted by molar-refractivity contribution is 7.99. The quantitative estimate of drug-likeness (QED) is 0.168. The molecule has 280 valence electrons. The summed E-state index contributed by atoms with van der Waals surface area (Å²) in [5.74, 6) is 1.44. The van der Waals surface area contributed by atoms with Crippen LogP contribution in [0.25, 0.3) is 45.0 Å². The fraction of sp³-hybridized carbons (Fsp3) is 0.333. The topological polar surface area (TPSA) is 70.0 Å². The first-order chi connectivity index (χ1) is 25.9. The number of ether oxygens (including phenoxy) is 2. The van der Waals surface area contributed by atoms with E-state index in [9.17, 15) is 0 Å². The minimum atomic E-state index is -0.543. The van der Waals surface area contributed by atoms with E-state index in [1.54, 1.807) is 24.4 Å². The van der Waals surface area contributed by atoms with E-state index < -0.39 is 11.2 Å². The molecule has 0 bridgehead atoms. The maximum atomic E-state index is 6.79. The summed E-state index contributed by atoms with van der Waals surface area (Å²) in [5, 5.41) is 0. The second-order valence-electron chi connectivity index (χ2n) is 18.4. The number of benzene rings is 4. The van der Waals surface area contributed by atoms with Crippen LogP contribution in [0.15, 0.2) is 107 Å². The molecular formula is C48H50N4O2S. The molecular weight excluding hydrogens is 697 g/mol. The second kappa shape index (κ2) is 13.3. The van der Waals surface area contributed by atoms with Crippen LogP contribution in [0.1, 0.15) is 91.5 Å². The summed E-state index contributed by atoms with van der Waals surface area (Å²) in [7, 11) is 0. The molecule has 0 N–H and O–H groups in total. The lowest BCUT2D eigenvalue weighted by atomic mass is 9.82. The first kappa shape index (κ1) is 36.9. The molecule has 0 radical (unpaired) electrons. The van der Waals surface area contributed by atoms with E-state index in [1.165, 1.54) is 11.1 Å². The maximum absolute atomic E-state index is 6.79. The average molecular weight is 747 g/mol. The summed E-state index contributed by atoms with van der Waals surface area (Å²) in [6.45, 7) is 22.2. The van der Waals surface area contributed by atoms with Crippen LogP contribution in [0.5, 0.6) is 11.5 Å². The van der Waals surface area contributed by atoms with Gasteiger partial charge in [-0.05, 0) is 86.8 Å². The van der Waals surface area contributed by atoms with Crippen molar-refractivity contribution in [3.05, 3.63) is 120 Å². The molecule has 2 aromatic heterocycles. The Morgan fingerprint density at radius 1 is 0.509 bits per heavy atom. The molecule has 6 aromatic rings. The third kappa shape index (κ3) is 7.39. The van der Waals surface area contributed by atoms with Crippen molar-refractivity contribution in [1.29, 1.82) is 0 Å². The molecule has 8 rings (SSSR count). The zero-order valence-electron chi connectivity index (χ0n) is 33.7. The molecule has 2 aliphatic heterocycles. The van der Waals surface area contributed by atoms with Crippen LogP contribution in [0.4, 0.5) is 0 Å². The molecule has 6 nitrogen and oxygen atoms in total. The van der Waals surface area contributed by atoms with Gasteiger partial charge < -0.3 is 9.47 Å². The Bertz CT molecular complexity index is 2280. The number of hydrogen-bond acceptors (Lipinski definition) is 7. The molecule has 4 heterocycles. The summed E-state index contributed by atoms with van der Waals surface area (Å²) in [5.41, 5.74) is 11.6. The monoisotopic (exact) mass is 746 g/mol. The van der Waals surface area contributed by atoms with Crippen LogP contribution in [-0.4, -0.2) is 19.9 Å². The van der Waals surface area contributed by atoms with E-state index in [-0.39, 0.29) is 10.8 Å². The van der Waals surface area contributed by atoms with Crippen molar-refractivity contribution in [2.45, 2.75) is 103 Å². The zero-order chi connectivity index (χ0) is 38.9. The van der Waals surface area contributed by atoms with E-state index in [4.69, 9.17) is 29.4 Å². The van der Waals surface area contributed by atoms with Crippen molar-refractivity contribution >= 4 is 11.8 Å². The third-order valence-corrected chi connectivity index (χ3v) is 11.2. The van der Waals surface area contributed by atoms with Crippen LogP contribution in [0.3, 0.4) is 0 Å². The van der Waals surface area contributed by atoms with E-state index >= 15 is 0 Å². The highest BCUT2D eigenvalue weighted by Crippen LogP contribution is 2.50. The summed E-state index contributed by atoms with van der Waals surface area (Å²) >= 11 is 1.70. The SMILES string of the molecule is CC(C)(C)Cc1ccc2c(c1)C(C)(C)Oc1c(-c3cccc(Sc4cccc(-c5ncnc6c5OC(C)(C)c5cc(CC(C)(C)C)ccc5-6)c4)c3)ncnc1-2. The summed E-state index contributed by atoms with van der Waals surface area (Å²) in [6.07, 6.45) is 5.29. The van der Waals surface area contributed by atoms with Gasteiger partial charge in [-0.1, -0.05) is 114 Å². The summed E-state index contributed by atoms with van der Waals surface area (Å²) in [6, 6.07) is 30.4. The molecule has 0 amide bonds. The van der Waals surface area contributed by atoms with Gasteiger partial charge in [0.15, 0.2) is 11.5 Å². The first-order valence-corrected chi connectivity index (χ1v) is 20.0. The minimum absolute atomic E-state index is 0.191. The number of hydrogen-bond donors (Lipinski definition) is 0. The average Bonchev–Trinajstić information content (AvgIpc) is 3.10. The Morgan fingerprint density at radius 3 is 1.31 bits per heavy atom. The van der Waals surface area contributed by atoms with Crippen molar-refractivity contribution in [2.75, 3.05) is 0 Å². The number of fused-ring (bicyclic) bond motifs is 6. The molecule has 4 aromatic carbocycles. The molecule has 0 atom stereocenters. The van der Waals surface area contributed by atoms with E-state index in [0.29, 0.717) is 0 Å². The Kier molecular flexibility index (Phi) is 8.96. The van der Waals surface area contributed by atoms with Gasteiger partial charge in [-0.15, -0.1) is 0 Å². The molecule has 55 heavy (non-hydrogen) atoms. The highest BCUT2D eigenvalue weighted by Gasteiger charge is 2.37. The lowest BCUT2D eigenvalue weighted by molar-refractivity contribution is 0.105. The molecule has 7 heteroatoms. The predicted molar refractivity (Wildman–Crippen MR) is 224 cm³/mol. The number of nitrogens with zero attached hydrogens (tertiary/aromatic N) is 4. The summed E-state index contributed by atoms with van der Waals surface area (Å²) < 4.78 is 13.6. The maximum Gasteiger partial charge on any atom is 0.173 e. The molecule has 2 aliphatic rings. The van der Waals surface area contributed by atoms with Crippen molar-refractivity contribution in [2.24, 2.45) is 10.8 Å². The van der Waals surface area contributed by atoms with Crippen molar-refractivity contribution < 1.29 is 9.47 Å². The standard InChI is InChI=1S/C48H50N4O2S/c1-45(2,3)25-29-17-19-35-37(21-29)47(7,8)53-43-39(49-27-51-41(35)43)31-13-11-15-33(23-31)55-34-16-12-14-32(24-34)40-44-42(52-28-50-40)36-20-18-30(26-46(4,5)6)22-38(36)48(9,10)54-44/h11-24,27-28H,25-26H2,1-10H3. The number of rotatable bonds is 6. The van der Waals surface area contributed by atoms with Crippen LogP contribution >= 0.6 is 11.8 Å². The molecule has 0 saturated carbocycles. The van der Waals surface area contributed by atoms with Gasteiger partial charge in [0.2, 0.25) is 0 Å². The molecule has 0 unspecified atom stereocenters. The normalized spacial score (nSPS) is 15.2. The van der Waals surface area contributed by atoms with Gasteiger partial charge in [0.25, 0.3) is 0 Å². The largest absolute Gasteiger partial charge is 0.479 e. The highest BCUT2D eigenvalue weighted by atomic mass is 32.2. The van der Waals surface area contributed by atoms with Gasteiger partial charge in [-0.2, -0.15) is 0 Å². The Hall–Kier alpha value is -5.01. The van der Waals surface area contributed by atoms with Gasteiger partial charge in [0.05, 0.1) is 0 Å².